The predicted molar refractivity (Wildman–Crippen MR) is 241 cm³/mol. The maximum absolute atomic E-state index is 2.51. The van der Waals surface area contributed by atoms with Gasteiger partial charge in [0, 0.05) is 86.9 Å². The van der Waals surface area contributed by atoms with Crippen LogP contribution in [0.3, 0.4) is 0 Å². The maximum Gasteiger partial charge on any atom is 0.0368 e. The van der Waals surface area contributed by atoms with Gasteiger partial charge in [0.15, 0.2) is 0 Å². The Kier molecular flexibility index (Phi) is 16.4. The van der Waals surface area contributed by atoms with Crippen molar-refractivity contribution in [1.82, 2.24) is 0 Å². The Morgan fingerprint density at radius 2 is 0.481 bits per heavy atom. The molecule has 4 rings (SSSR count). The SMILES string of the molecule is CCc1cc(N(CC)CC)ccc1C(c1ccc(N(CC)CC)cc1CC)C(c1ccc(N(CC)CC)cc1CC)c1ccc(N(CC)CC)cc1CC. The molecule has 0 aliphatic carbocycles. The lowest BCUT2D eigenvalue weighted by Crippen LogP contribution is -2.25. The molecule has 0 spiro atoms. The van der Waals surface area contributed by atoms with E-state index in [4.69, 9.17) is 0 Å². The molecular formula is C50H74N4. The number of nitrogens with zero attached hydrogens (tertiary/aromatic N) is 4. The van der Waals surface area contributed by atoms with Crippen molar-refractivity contribution in [2.45, 2.75) is 121 Å². The summed E-state index contributed by atoms with van der Waals surface area (Å²) in [7, 11) is 0. The summed E-state index contributed by atoms with van der Waals surface area (Å²) in [6.07, 6.45) is 3.98. The van der Waals surface area contributed by atoms with Gasteiger partial charge in [-0.1, -0.05) is 52.0 Å². The second-order valence-electron chi connectivity index (χ2n) is 14.6. The van der Waals surface area contributed by atoms with Crippen LogP contribution in [0.15, 0.2) is 72.8 Å². The molecule has 0 amide bonds. The van der Waals surface area contributed by atoms with Crippen molar-refractivity contribution < 1.29 is 0 Å². The second-order valence-corrected chi connectivity index (χ2v) is 14.6. The van der Waals surface area contributed by atoms with Crippen molar-refractivity contribution >= 4 is 22.7 Å². The van der Waals surface area contributed by atoms with Crippen LogP contribution >= 0.6 is 0 Å². The van der Waals surface area contributed by atoms with Crippen LogP contribution in [0.4, 0.5) is 22.7 Å². The van der Waals surface area contributed by atoms with Crippen LogP contribution < -0.4 is 19.6 Å². The molecule has 4 heteroatoms. The van der Waals surface area contributed by atoms with Gasteiger partial charge in [-0.2, -0.15) is 0 Å². The summed E-state index contributed by atoms with van der Waals surface area (Å²) in [4.78, 5) is 9.98. The first-order valence-electron chi connectivity index (χ1n) is 21.8. The molecule has 54 heavy (non-hydrogen) atoms. The fourth-order valence-corrected chi connectivity index (χ4v) is 9.00. The van der Waals surface area contributed by atoms with Gasteiger partial charge in [0.05, 0.1) is 0 Å². The quantitative estimate of drug-likeness (QED) is 0.0846. The van der Waals surface area contributed by atoms with Crippen molar-refractivity contribution in [2.24, 2.45) is 0 Å². The number of hydrogen-bond donors (Lipinski definition) is 0. The highest BCUT2D eigenvalue weighted by molar-refractivity contribution is 5.62. The number of aryl methyl sites for hydroxylation is 4. The minimum Gasteiger partial charge on any atom is -0.372 e. The minimum absolute atomic E-state index is 0.139. The van der Waals surface area contributed by atoms with E-state index >= 15 is 0 Å². The van der Waals surface area contributed by atoms with E-state index in [9.17, 15) is 0 Å². The molecule has 4 aromatic rings. The number of rotatable bonds is 21. The highest BCUT2D eigenvalue weighted by Gasteiger charge is 2.34. The Balaban J connectivity index is 2.19. The Labute approximate surface area is 331 Å². The Morgan fingerprint density at radius 1 is 0.296 bits per heavy atom. The highest BCUT2D eigenvalue weighted by atomic mass is 15.1. The van der Waals surface area contributed by atoms with Crippen LogP contribution in [-0.2, 0) is 25.7 Å². The van der Waals surface area contributed by atoms with Gasteiger partial charge in [-0.3, -0.25) is 0 Å². The molecule has 0 aliphatic rings. The smallest absolute Gasteiger partial charge is 0.0368 e. The molecule has 0 bridgehead atoms. The monoisotopic (exact) mass is 731 g/mol. The largest absolute Gasteiger partial charge is 0.372 e. The topological polar surface area (TPSA) is 13.0 Å². The normalized spacial score (nSPS) is 11.4. The molecule has 0 unspecified atom stereocenters. The average molecular weight is 731 g/mol. The molecule has 0 fully saturated rings. The zero-order valence-electron chi connectivity index (χ0n) is 36.4. The summed E-state index contributed by atoms with van der Waals surface area (Å²) in [5.74, 6) is 0.279. The minimum atomic E-state index is 0.139. The molecule has 0 saturated carbocycles. The first kappa shape index (κ1) is 42.8. The van der Waals surface area contributed by atoms with Gasteiger partial charge in [0.2, 0.25) is 0 Å². The van der Waals surface area contributed by atoms with Gasteiger partial charge >= 0.3 is 0 Å². The van der Waals surface area contributed by atoms with Gasteiger partial charge in [0.1, 0.15) is 0 Å². The Bertz CT molecular complexity index is 1490. The van der Waals surface area contributed by atoms with Gasteiger partial charge < -0.3 is 19.6 Å². The Morgan fingerprint density at radius 3 is 0.630 bits per heavy atom. The second kappa shape index (κ2) is 20.7. The molecular weight excluding hydrogens is 657 g/mol. The van der Waals surface area contributed by atoms with E-state index < -0.39 is 0 Å². The van der Waals surface area contributed by atoms with Crippen LogP contribution in [-0.4, -0.2) is 52.4 Å². The van der Waals surface area contributed by atoms with E-state index in [1.807, 2.05) is 0 Å². The third-order valence-electron chi connectivity index (χ3n) is 12.2. The van der Waals surface area contributed by atoms with E-state index in [0.717, 1.165) is 78.0 Å². The van der Waals surface area contributed by atoms with E-state index in [2.05, 4.69) is 175 Å². The average Bonchev–Trinajstić information content (AvgIpc) is 3.22. The summed E-state index contributed by atoms with van der Waals surface area (Å²) < 4.78 is 0. The first-order chi connectivity index (χ1) is 26.2. The van der Waals surface area contributed by atoms with Crippen LogP contribution in [0, 0.1) is 0 Å². The standard InChI is InChI=1S/C50H74N4/c1-13-37-33-41(51(17-5)18-6)25-29-45(37)49(46-30-26-42(34-38(46)14-2)52(19-7)20-8)50(47-31-27-43(35-39(47)15-3)53(21-9)22-10)48-32-28-44(36-40(48)16-4)54(23-11)24-12/h25-36,49-50H,13-24H2,1-12H3. The molecule has 294 valence electrons. The zero-order valence-corrected chi connectivity index (χ0v) is 36.4. The van der Waals surface area contributed by atoms with E-state index in [-0.39, 0.29) is 11.8 Å². The summed E-state index contributed by atoms with van der Waals surface area (Å²) in [5, 5.41) is 0. The van der Waals surface area contributed by atoms with Gasteiger partial charge in [0.25, 0.3) is 0 Å². The lowest BCUT2D eigenvalue weighted by atomic mass is 9.69. The number of hydrogen-bond acceptors (Lipinski definition) is 4. The Hall–Kier alpha value is -3.92. The van der Waals surface area contributed by atoms with Crippen molar-refractivity contribution in [1.29, 1.82) is 0 Å². The van der Waals surface area contributed by atoms with Crippen molar-refractivity contribution in [3.63, 3.8) is 0 Å². The highest BCUT2D eigenvalue weighted by Crippen LogP contribution is 2.49. The van der Waals surface area contributed by atoms with E-state index in [0.29, 0.717) is 0 Å². The molecule has 0 radical (unpaired) electrons. The number of anilines is 4. The van der Waals surface area contributed by atoms with E-state index in [1.54, 1.807) is 0 Å². The number of benzene rings is 4. The van der Waals surface area contributed by atoms with Crippen molar-refractivity contribution in [3.8, 4) is 0 Å². The lowest BCUT2D eigenvalue weighted by molar-refractivity contribution is 0.666. The van der Waals surface area contributed by atoms with Crippen LogP contribution in [0.25, 0.3) is 0 Å². The third kappa shape index (κ3) is 9.12. The molecule has 0 heterocycles. The molecule has 4 nitrogen and oxygen atoms in total. The third-order valence-corrected chi connectivity index (χ3v) is 12.2. The zero-order chi connectivity index (χ0) is 39.4. The van der Waals surface area contributed by atoms with Crippen LogP contribution in [0.5, 0.6) is 0 Å². The van der Waals surface area contributed by atoms with Crippen molar-refractivity contribution in [3.05, 3.63) is 117 Å². The maximum atomic E-state index is 2.51. The molecule has 0 atom stereocenters. The summed E-state index contributed by atoms with van der Waals surface area (Å²) in [5.41, 5.74) is 17.0. The first-order valence-corrected chi connectivity index (χ1v) is 21.8. The molecule has 0 saturated heterocycles. The van der Waals surface area contributed by atoms with Gasteiger partial charge in [-0.25, -0.2) is 0 Å². The summed E-state index contributed by atoms with van der Waals surface area (Å²) in [6, 6.07) is 29.7. The van der Waals surface area contributed by atoms with Gasteiger partial charge in [-0.05, 0) is 174 Å². The van der Waals surface area contributed by atoms with Gasteiger partial charge in [-0.15, -0.1) is 0 Å². The molecule has 0 aliphatic heterocycles. The summed E-state index contributed by atoms with van der Waals surface area (Å²) >= 11 is 0. The summed E-state index contributed by atoms with van der Waals surface area (Å²) in [6.45, 7) is 35.7. The van der Waals surface area contributed by atoms with Crippen LogP contribution in [0.1, 0.15) is 139 Å². The molecule has 0 aromatic heterocycles. The fourth-order valence-electron chi connectivity index (χ4n) is 9.00. The van der Waals surface area contributed by atoms with E-state index in [1.165, 1.54) is 67.3 Å². The predicted octanol–water partition coefficient (Wildman–Crippen LogP) is 12.3. The van der Waals surface area contributed by atoms with Crippen LogP contribution in [0.2, 0.25) is 0 Å². The molecule has 0 N–H and O–H groups in total. The fraction of sp³-hybridized carbons (Fsp3) is 0.520. The van der Waals surface area contributed by atoms with Crippen molar-refractivity contribution in [2.75, 3.05) is 72.0 Å². The lowest BCUT2D eigenvalue weighted by Gasteiger charge is -2.36. The molecule has 4 aromatic carbocycles.